The summed E-state index contributed by atoms with van der Waals surface area (Å²) in [6, 6.07) is 1.93. The first kappa shape index (κ1) is 14.1. The number of fused-ring (bicyclic) bond motifs is 1. The Morgan fingerprint density at radius 2 is 2.14 bits per heavy atom. The van der Waals surface area contributed by atoms with E-state index in [4.69, 9.17) is 4.74 Å². The van der Waals surface area contributed by atoms with Crippen LogP contribution in [0.2, 0.25) is 0 Å². The molecule has 5 nitrogen and oxygen atoms in total. The molecule has 3 heterocycles. The zero-order valence-corrected chi connectivity index (χ0v) is 12.4. The second-order valence-electron chi connectivity index (χ2n) is 5.47. The maximum Gasteiger partial charge on any atom is 0.256 e. The number of methoxy groups -OCH3 is 1. The SMILES string of the molecule is COCCn1cc(C(=O)N2CCCCC2)c2ccncc21. The van der Waals surface area contributed by atoms with Gasteiger partial charge in [0, 0.05) is 44.5 Å². The first-order valence-corrected chi connectivity index (χ1v) is 7.52. The van der Waals surface area contributed by atoms with Crippen molar-refractivity contribution in [2.45, 2.75) is 25.8 Å². The molecule has 0 unspecified atom stereocenters. The number of piperidine rings is 1. The van der Waals surface area contributed by atoms with Gasteiger partial charge in [0.25, 0.3) is 5.91 Å². The second kappa shape index (κ2) is 6.26. The minimum atomic E-state index is 0.141. The monoisotopic (exact) mass is 287 g/mol. The Morgan fingerprint density at radius 3 is 2.90 bits per heavy atom. The van der Waals surface area contributed by atoms with Gasteiger partial charge in [-0.05, 0) is 25.3 Å². The normalized spacial score (nSPS) is 15.6. The summed E-state index contributed by atoms with van der Waals surface area (Å²) in [6.07, 6.45) is 8.95. The number of carbonyl (C=O) groups is 1. The van der Waals surface area contributed by atoms with E-state index in [1.807, 2.05) is 23.4 Å². The third-order valence-electron chi connectivity index (χ3n) is 4.09. The third kappa shape index (κ3) is 2.78. The molecule has 112 valence electrons. The van der Waals surface area contributed by atoms with Gasteiger partial charge in [0.1, 0.15) is 0 Å². The lowest BCUT2D eigenvalue weighted by molar-refractivity contribution is 0.0726. The van der Waals surface area contributed by atoms with Crippen LogP contribution in [0.15, 0.2) is 24.7 Å². The van der Waals surface area contributed by atoms with Gasteiger partial charge < -0.3 is 14.2 Å². The van der Waals surface area contributed by atoms with E-state index in [0.717, 1.165) is 48.9 Å². The number of nitrogens with zero attached hydrogens (tertiary/aromatic N) is 3. The summed E-state index contributed by atoms with van der Waals surface area (Å²) in [5.74, 6) is 0.141. The fourth-order valence-electron chi connectivity index (χ4n) is 2.95. The molecule has 1 saturated heterocycles. The van der Waals surface area contributed by atoms with Crippen molar-refractivity contribution >= 4 is 16.8 Å². The third-order valence-corrected chi connectivity index (χ3v) is 4.09. The number of hydrogen-bond donors (Lipinski definition) is 0. The van der Waals surface area contributed by atoms with Crippen molar-refractivity contribution in [3.63, 3.8) is 0 Å². The standard InChI is InChI=1S/C16H21N3O2/c1-21-10-9-19-12-14(13-5-6-17-11-15(13)19)16(20)18-7-3-2-4-8-18/h5-6,11-12H,2-4,7-10H2,1H3. The number of carbonyl (C=O) groups excluding carboxylic acids is 1. The zero-order chi connectivity index (χ0) is 14.7. The van der Waals surface area contributed by atoms with Crippen LogP contribution >= 0.6 is 0 Å². The summed E-state index contributed by atoms with van der Waals surface area (Å²) in [7, 11) is 1.68. The van der Waals surface area contributed by atoms with Crippen LogP contribution in [-0.4, -0.2) is 47.2 Å². The Balaban J connectivity index is 1.95. The lowest BCUT2D eigenvalue weighted by atomic mass is 10.1. The van der Waals surface area contributed by atoms with Crippen LogP contribution in [0.3, 0.4) is 0 Å². The molecule has 1 amide bonds. The minimum absolute atomic E-state index is 0.141. The van der Waals surface area contributed by atoms with E-state index in [0.29, 0.717) is 6.61 Å². The van der Waals surface area contributed by atoms with Gasteiger partial charge in [0.05, 0.1) is 23.9 Å². The van der Waals surface area contributed by atoms with Gasteiger partial charge in [0.2, 0.25) is 0 Å². The Hall–Kier alpha value is -1.88. The molecule has 5 heteroatoms. The second-order valence-corrected chi connectivity index (χ2v) is 5.47. The molecule has 2 aromatic heterocycles. The minimum Gasteiger partial charge on any atom is -0.383 e. The molecule has 0 aliphatic carbocycles. The van der Waals surface area contributed by atoms with E-state index < -0.39 is 0 Å². The Bertz CT molecular complexity index is 629. The molecule has 0 N–H and O–H groups in total. The van der Waals surface area contributed by atoms with E-state index >= 15 is 0 Å². The highest BCUT2D eigenvalue weighted by molar-refractivity contribution is 6.06. The average molecular weight is 287 g/mol. The lowest BCUT2D eigenvalue weighted by Gasteiger charge is -2.26. The van der Waals surface area contributed by atoms with Gasteiger partial charge >= 0.3 is 0 Å². The summed E-state index contributed by atoms with van der Waals surface area (Å²) >= 11 is 0. The number of ether oxygens (including phenoxy) is 1. The van der Waals surface area contributed by atoms with Gasteiger partial charge in [-0.25, -0.2) is 0 Å². The highest BCUT2D eigenvalue weighted by atomic mass is 16.5. The van der Waals surface area contributed by atoms with Gasteiger partial charge in [-0.2, -0.15) is 0 Å². The molecule has 0 atom stereocenters. The van der Waals surface area contributed by atoms with Crippen LogP contribution in [-0.2, 0) is 11.3 Å². The Kier molecular flexibility index (Phi) is 4.20. The van der Waals surface area contributed by atoms with Crippen LogP contribution < -0.4 is 0 Å². The number of pyridine rings is 1. The molecule has 1 aliphatic heterocycles. The van der Waals surface area contributed by atoms with Crippen molar-refractivity contribution in [3.8, 4) is 0 Å². The maximum absolute atomic E-state index is 12.8. The summed E-state index contributed by atoms with van der Waals surface area (Å²) in [4.78, 5) is 18.9. The topological polar surface area (TPSA) is 47.4 Å². The zero-order valence-electron chi connectivity index (χ0n) is 12.4. The van der Waals surface area contributed by atoms with Crippen molar-refractivity contribution in [1.82, 2.24) is 14.5 Å². The quantitative estimate of drug-likeness (QED) is 0.867. The molecule has 0 radical (unpaired) electrons. The highest BCUT2D eigenvalue weighted by Gasteiger charge is 2.22. The van der Waals surface area contributed by atoms with Crippen molar-refractivity contribution in [2.75, 3.05) is 26.8 Å². The van der Waals surface area contributed by atoms with Crippen molar-refractivity contribution in [3.05, 3.63) is 30.2 Å². The van der Waals surface area contributed by atoms with Gasteiger partial charge in [-0.1, -0.05) is 0 Å². The fraction of sp³-hybridized carbons (Fsp3) is 0.500. The molecular weight excluding hydrogens is 266 g/mol. The number of aromatic nitrogens is 2. The van der Waals surface area contributed by atoms with Crippen LogP contribution in [0.25, 0.3) is 10.9 Å². The molecule has 0 bridgehead atoms. The van der Waals surface area contributed by atoms with Gasteiger partial charge in [0.15, 0.2) is 0 Å². The number of amides is 1. The Labute approximate surface area is 124 Å². The molecule has 0 aromatic carbocycles. The van der Waals surface area contributed by atoms with E-state index in [1.165, 1.54) is 6.42 Å². The van der Waals surface area contributed by atoms with E-state index in [1.54, 1.807) is 13.3 Å². The molecule has 0 saturated carbocycles. The maximum atomic E-state index is 12.8. The fourth-order valence-corrected chi connectivity index (χ4v) is 2.95. The number of rotatable bonds is 4. The molecule has 1 aliphatic rings. The largest absolute Gasteiger partial charge is 0.383 e. The molecule has 0 spiro atoms. The first-order chi connectivity index (χ1) is 10.3. The van der Waals surface area contributed by atoms with Crippen LogP contribution in [0.4, 0.5) is 0 Å². The van der Waals surface area contributed by atoms with E-state index in [-0.39, 0.29) is 5.91 Å². The predicted octanol–water partition coefficient (Wildman–Crippen LogP) is 2.31. The smallest absolute Gasteiger partial charge is 0.256 e. The van der Waals surface area contributed by atoms with E-state index in [2.05, 4.69) is 9.55 Å². The Morgan fingerprint density at radius 1 is 1.33 bits per heavy atom. The van der Waals surface area contributed by atoms with Crippen molar-refractivity contribution in [1.29, 1.82) is 0 Å². The number of likely N-dealkylation sites (tertiary alicyclic amines) is 1. The number of hydrogen-bond acceptors (Lipinski definition) is 3. The van der Waals surface area contributed by atoms with E-state index in [9.17, 15) is 4.79 Å². The van der Waals surface area contributed by atoms with Crippen molar-refractivity contribution < 1.29 is 9.53 Å². The first-order valence-electron chi connectivity index (χ1n) is 7.52. The van der Waals surface area contributed by atoms with Gasteiger partial charge in [-0.15, -0.1) is 0 Å². The van der Waals surface area contributed by atoms with Crippen LogP contribution in [0.1, 0.15) is 29.6 Å². The molecule has 21 heavy (non-hydrogen) atoms. The summed E-state index contributed by atoms with van der Waals surface area (Å²) in [6.45, 7) is 3.09. The average Bonchev–Trinajstić information content (AvgIpc) is 2.92. The summed E-state index contributed by atoms with van der Waals surface area (Å²) in [5.41, 5.74) is 1.78. The molecular formula is C16H21N3O2. The lowest BCUT2D eigenvalue weighted by Crippen LogP contribution is -2.35. The van der Waals surface area contributed by atoms with Crippen LogP contribution in [0, 0.1) is 0 Å². The van der Waals surface area contributed by atoms with Gasteiger partial charge in [-0.3, -0.25) is 9.78 Å². The summed E-state index contributed by atoms with van der Waals surface area (Å²) in [5, 5.41) is 0.983. The van der Waals surface area contributed by atoms with Crippen LogP contribution in [0.5, 0.6) is 0 Å². The molecule has 2 aromatic rings. The predicted molar refractivity (Wildman–Crippen MR) is 81.4 cm³/mol. The molecule has 3 rings (SSSR count). The summed E-state index contributed by atoms with van der Waals surface area (Å²) < 4.78 is 7.20. The molecule has 1 fully saturated rings. The van der Waals surface area contributed by atoms with Crippen molar-refractivity contribution in [2.24, 2.45) is 0 Å². The highest BCUT2D eigenvalue weighted by Crippen LogP contribution is 2.23.